The van der Waals surface area contributed by atoms with Gasteiger partial charge in [0, 0.05) is 11.2 Å². The molecule has 2 rings (SSSR count). The molecule has 1 heteroatoms. The lowest BCUT2D eigenvalue weighted by Gasteiger charge is -2.44. The van der Waals surface area contributed by atoms with Crippen molar-refractivity contribution in [3.8, 4) is 0 Å². The number of benzene rings is 1. The fraction of sp³-hybridized carbons (Fsp3) is 0.571. The predicted octanol–water partition coefficient (Wildman–Crippen LogP) is 3.94. The monoisotopic (exact) mass is 203 g/mol. The summed E-state index contributed by atoms with van der Waals surface area (Å²) in [5.41, 5.74) is 4.44. The Morgan fingerprint density at radius 3 is 2.53 bits per heavy atom. The highest BCUT2D eigenvalue weighted by Gasteiger charge is 2.36. The third kappa shape index (κ3) is 1.54. The summed E-state index contributed by atoms with van der Waals surface area (Å²) in [5.74, 6) is 1.29. The molecule has 2 unspecified atom stereocenters. The van der Waals surface area contributed by atoms with Gasteiger partial charge in [0.05, 0.1) is 0 Å². The summed E-state index contributed by atoms with van der Waals surface area (Å²) >= 11 is 0. The summed E-state index contributed by atoms with van der Waals surface area (Å²) < 4.78 is 0. The molecule has 1 aliphatic rings. The Morgan fingerprint density at radius 1 is 1.20 bits per heavy atom. The summed E-state index contributed by atoms with van der Waals surface area (Å²) in [7, 11) is 0. The largest absolute Gasteiger partial charge is 0.380 e. The first-order chi connectivity index (χ1) is 6.93. The van der Waals surface area contributed by atoms with Crippen LogP contribution in [0.15, 0.2) is 18.2 Å². The van der Waals surface area contributed by atoms with Crippen molar-refractivity contribution in [1.29, 1.82) is 0 Å². The van der Waals surface area contributed by atoms with Crippen molar-refractivity contribution in [2.45, 2.75) is 46.1 Å². The van der Waals surface area contributed by atoms with E-state index >= 15 is 0 Å². The van der Waals surface area contributed by atoms with Gasteiger partial charge in [-0.25, -0.2) is 0 Å². The first-order valence-corrected chi connectivity index (χ1v) is 5.81. The summed E-state index contributed by atoms with van der Waals surface area (Å²) in [6.07, 6.45) is 0. The highest BCUT2D eigenvalue weighted by molar-refractivity contribution is 5.60. The Bertz CT molecular complexity index is 379. The van der Waals surface area contributed by atoms with Crippen molar-refractivity contribution >= 4 is 5.69 Å². The van der Waals surface area contributed by atoms with Gasteiger partial charge in [0.15, 0.2) is 0 Å². The second-order valence-electron chi connectivity index (χ2n) is 5.46. The lowest BCUT2D eigenvalue weighted by Crippen LogP contribution is -2.44. The van der Waals surface area contributed by atoms with E-state index in [1.807, 2.05) is 0 Å². The van der Waals surface area contributed by atoms with Crippen LogP contribution in [0.2, 0.25) is 0 Å². The molecule has 1 aromatic carbocycles. The maximum absolute atomic E-state index is 3.66. The molecule has 0 fully saturated rings. The number of fused-ring (bicyclic) bond motifs is 1. The number of rotatable bonds is 0. The Hall–Kier alpha value is -0.980. The van der Waals surface area contributed by atoms with E-state index in [2.05, 4.69) is 58.1 Å². The lowest BCUT2D eigenvalue weighted by molar-refractivity contribution is 0.315. The predicted molar refractivity (Wildman–Crippen MR) is 66.5 cm³/mol. The Balaban J connectivity index is 2.55. The maximum atomic E-state index is 3.66. The number of hydrogen-bond acceptors (Lipinski definition) is 1. The summed E-state index contributed by atoms with van der Waals surface area (Å²) in [6.45, 7) is 11.5. The Kier molecular flexibility index (Phi) is 2.29. The molecular formula is C14H21N. The molecule has 0 aromatic heterocycles. The fourth-order valence-corrected chi connectivity index (χ4v) is 2.73. The number of nitrogens with one attached hydrogen (secondary N) is 1. The smallest absolute Gasteiger partial charge is 0.0382 e. The van der Waals surface area contributed by atoms with Crippen molar-refractivity contribution < 1.29 is 0 Å². The van der Waals surface area contributed by atoms with Gasteiger partial charge in [-0.3, -0.25) is 0 Å². The van der Waals surface area contributed by atoms with Gasteiger partial charge in [0.2, 0.25) is 0 Å². The molecule has 0 spiro atoms. The summed E-state index contributed by atoms with van der Waals surface area (Å²) in [4.78, 5) is 0. The third-order valence-electron chi connectivity index (χ3n) is 4.12. The fourth-order valence-electron chi connectivity index (χ4n) is 2.73. The van der Waals surface area contributed by atoms with Crippen LogP contribution >= 0.6 is 0 Å². The molecule has 82 valence electrons. The van der Waals surface area contributed by atoms with E-state index in [1.165, 1.54) is 16.8 Å². The zero-order valence-electron chi connectivity index (χ0n) is 10.4. The Labute approximate surface area is 92.9 Å². The van der Waals surface area contributed by atoms with Crippen molar-refractivity contribution in [2.75, 3.05) is 5.32 Å². The van der Waals surface area contributed by atoms with E-state index in [9.17, 15) is 0 Å². The van der Waals surface area contributed by atoms with Crippen LogP contribution in [0.3, 0.4) is 0 Å². The topological polar surface area (TPSA) is 12.0 Å². The summed E-state index contributed by atoms with van der Waals surface area (Å²) in [6, 6.07) is 6.55. The molecule has 1 nitrogen and oxygen atoms in total. The number of aryl methyl sites for hydroxylation is 1. The van der Waals surface area contributed by atoms with Gasteiger partial charge in [0.25, 0.3) is 0 Å². The van der Waals surface area contributed by atoms with Gasteiger partial charge >= 0.3 is 0 Å². The molecule has 0 saturated carbocycles. The minimum Gasteiger partial charge on any atom is -0.380 e. The molecule has 1 N–H and O–H groups in total. The minimum atomic E-state index is 0.195. The normalized spacial score (nSPS) is 28.1. The standard InChI is InChI=1S/C14H21N/c1-9-7-6-8-12-13(9)10(2)11(3)14(4,5)15-12/h6-8,10-11,15H,1-5H3. The molecule has 0 radical (unpaired) electrons. The third-order valence-corrected chi connectivity index (χ3v) is 4.12. The molecule has 0 saturated heterocycles. The molecular weight excluding hydrogens is 182 g/mol. The zero-order valence-corrected chi connectivity index (χ0v) is 10.4. The van der Waals surface area contributed by atoms with Crippen molar-refractivity contribution in [3.63, 3.8) is 0 Å². The van der Waals surface area contributed by atoms with Crippen molar-refractivity contribution in [3.05, 3.63) is 29.3 Å². The highest BCUT2D eigenvalue weighted by atomic mass is 15.0. The molecule has 0 aliphatic carbocycles. The van der Waals surface area contributed by atoms with E-state index < -0.39 is 0 Å². The first-order valence-electron chi connectivity index (χ1n) is 5.81. The van der Waals surface area contributed by atoms with Crippen LogP contribution in [0.5, 0.6) is 0 Å². The average molecular weight is 203 g/mol. The van der Waals surface area contributed by atoms with Gasteiger partial charge in [-0.1, -0.05) is 26.0 Å². The van der Waals surface area contributed by atoms with E-state index in [4.69, 9.17) is 0 Å². The first kappa shape index (κ1) is 10.5. The van der Waals surface area contributed by atoms with Gasteiger partial charge < -0.3 is 5.32 Å². The van der Waals surface area contributed by atoms with Crippen LogP contribution in [0.1, 0.15) is 44.7 Å². The molecule has 1 heterocycles. The minimum absolute atomic E-state index is 0.195. The molecule has 0 amide bonds. The van der Waals surface area contributed by atoms with Crippen LogP contribution in [0, 0.1) is 12.8 Å². The van der Waals surface area contributed by atoms with Gasteiger partial charge in [-0.05, 0) is 49.8 Å². The quantitative estimate of drug-likeness (QED) is 0.673. The van der Waals surface area contributed by atoms with Crippen LogP contribution in [-0.4, -0.2) is 5.54 Å². The second kappa shape index (κ2) is 3.26. The SMILES string of the molecule is Cc1cccc2c1C(C)C(C)C(C)(C)N2. The highest BCUT2D eigenvalue weighted by Crippen LogP contribution is 2.43. The number of hydrogen-bond donors (Lipinski definition) is 1. The van der Waals surface area contributed by atoms with Crippen LogP contribution in [0.4, 0.5) is 5.69 Å². The van der Waals surface area contributed by atoms with Crippen molar-refractivity contribution in [2.24, 2.45) is 5.92 Å². The van der Waals surface area contributed by atoms with E-state index in [-0.39, 0.29) is 5.54 Å². The molecule has 1 aliphatic heterocycles. The second-order valence-corrected chi connectivity index (χ2v) is 5.46. The van der Waals surface area contributed by atoms with E-state index in [0.29, 0.717) is 11.8 Å². The van der Waals surface area contributed by atoms with Gasteiger partial charge in [-0.15, -0.1) is 0 Å². The molecule has 1 aromatic rings. The van der Waals surface area contributed by atoms with E-state index in [1.54, 1.807) is 0 Å². The van der Waals surface area contributed by atoms with Crippen LogP contribution < -0.4 is 5.32 Å². The molecule has 2 atom stereocenters. The lowest BCUT2D eigenvalue weighted by atomic mass is 9.72. The Morgan fingerprint density at radius 2 is 1.87 bits per heavy atom. The van der Waals surface area contributed by atoms with Gasteiger partial charge in [-0.2, -0.15) is 0 Å². The average Bonchev–Trinajstić information content (AvgIpc) is 2.13. The number of anilines is 1. The van der Waals surface area contributed by atoms with Crippen LogP contribution in [0.25, 0.3) is 0 Å². The molecule has 0 bridgehead atoms. The molecule has 15 heavy (non-hydrogen) atoms. The zero-order chi connectivity index (χ0) is 11.2. The van der Waals surface area contributed by atoms with Gasteiger partial charge in [0.1, 0.15) is 0 Å². The summed E-state index contributed by atoms with van der Waals surface area (Å²) in [5, 5.41) is 3.66. The van der Waals surface area contributed by atoms with Crippen molar-refractivity contribution in [1.82, 2.24) is 0 Å². The van der Waals surface area contributed by atoms with E-state index in [0.717, 1.165) is 0 Å². The maximum Gasteiger partial charge on any atom is 0.0382 e. The van der Waals surface area contributed by atoms with Crippen LogP contribution in [-0.2, 0) is 0 Å².